The van der Waals surface area contributed by atoms with Crippen LogP contribution in [0.1, 0.15) is 42.7 Å². The van der Waals surface area contributed by atoms with Crippen molar-refractivity contribution in [3.63, 3.8) is 0 Å². The predicted molar refractivity (Wildman–Crippen MR) is 82.9 cm³/mol. The Bertz CT molecular complexity index is 630. The minimum atomic E-state index is 0.490. The van der Waals surface area contributed by atoms with Gasteiger partial charge in [0.25, 0.3) is 0 Å². The van der Waals surface area contributed by atoms with E-state index in [0.717, 1.165) is 35.6 Å². The topological polar surface area (TPSA) is 46.8 Å². The maximum atomic E-state index is 4.74. The summed E-state index contributed by atoms with van der Waals surface area (Å²) in [5, 5.41) is 4.35. The maximum absolute atomic E-state index is 4.74. The second kappa shape index (κ2) is 5.50. The molecule has 2 aromatic rings. The quantitative estimate of drug-likeness (QED) is 0.853. The van der Waals surface area contributed by atoms with Crippen LogP contribution < -0.4 is 0 Å². The van der Waals surface area contributed by atoms with Gasteiger partial charge in [-0.1, -0.05) is 6.42 Å². The van der Waals surface area contributed by atoms with Crippen molar-refractivity contribution in [3.8, 4) is 0 Å². The van der Waals surface area contributed by atoms with Gasteiger partial charge in [-0.25, -0.2) is 9.97 Å². The summed E-state index contributed by atoms with van der Waals surface area (Å²) in [6, 6.07) is 2.53. The number of halogens is 1. The van der Waals surface area contributed by atoms with Crippen LogP contribution in [0.2, 0.25) is 0 Å². The molecule has 3 heterocycles. The van der Waals surface area contributed by atoms with Crippen LogP contribution in [0.3, 0.4) is 0 Å². The fourth-order valence-corrected chi connectivity index (χ4v) is 3.25. The van der Waals surface area contributed by atoms with Crippen LogP contribution in [0.25, 0.3) is 0 Å². The Balaban J connectivity index is 1.35. The van der Waals surface area contributed by atoms with Crippen molar-refractivity contribution in [3.05, 3.63) is 40.6 Å². The highest BCUT2D eigenvalue weighted by molar-refractivity contribution is 9.10. The molecule has 1 aliphatic heterocycles. The summed E-state index contributed by atoms with van der Waals surface area (Å²) in [4.78, 5) is 11.6. The molecule has 1 saturated carbocycles. The molecular formula is C15H18BrN5. The summed E-state index contributed by atoms with van der Waals surface area (Å²) in [6.07, 6.45) is 9.63. The highest BCUT2D eigenvalue weighted by atomic mass is 79.9. The highest BCUT2D eigenvalue weighted by Gasteiger charge is 2.29. The maximum Gasteiger partial charge on any atom is 0.131 e. The van der Waals surface area contributed by atoms with Gasteiger partial charge in [0.05, 0.1) is 22.4 Å². The molecule has 1 aliphatic carbocycles. The molecule has 2 aliphatic rings. The van der Waals surface area contributed by atoms with Gasteiger partial charge in [-0.3, -0.25) is 9.58 Å². The Morgan fingerprint density at radius 3 is 2.81 bits per heavy atom. The standard InChI is InChI=1S/C15H18BrN5/c16-12-6-18-21(7-12)14-9-20(10-14)8-13-4-5-17-15(19-13)11-2-1-3-11/h4-7,11,14H,1-3,8-10H2. The molecule has 21 heavy (non-hydrogen) atoms. The summed E-state index contributed by atoms with van der Waals surface area (Å²) in [5.74, 6) is 1.65. The first-order valence-electron chi connectivity index (χ1n) is 7.52. The van der Waals surface area contributed by atoms with Crippen molar-refractivity contribution in [1.82, 2.24) is 24.6 Å². The number of hydrogen-bond acceptors (Lipinski definition) is 4. The van der Waals surface area contributed by atoms with E-state index in [1.165, 1.54) is 19.3 Å². The summed E-state index contributed by atoms with van der Waals surface area (Å²) in [5.41, 5.74) is 1.15. The molecule has 0 radical (unpaired) electrons. The van der Waals surface area contributed by atoms with Gasteiger partial charge in [-0.05, 0) is 34.8 Å². The molecule has 0 unspecified atom stereocenters. The largest absolute Gasteiger partial charge is 0.293 e. The number of hydrogen-bond donors (Lipinski definition) is 0. The number of nitrogens with zero attached hydrogens (tertiary/aromatic N) is 5. The van der Waals surface area contributed by atoms with E-state index < -0.39 is 0 Å². The zero-order valence-corrected chi connectivity index (χ0v) is 13.4. The van der Waals surface area contributed by atoms with E-state index in [-0.39, 0.29) is 0 Å². The summed E-state index contributed by atoms with van der Waals surface area (Å²) >= 11 is 3.44. The molecule has 110 valence electrons. The van der Waals surface area contributed by atoms with E-state index >= 15 is 0 Å². The van der Waals surface area contributed by atoms with Crippen molar-refractivity contribution < 1.29 is 0 Å². The SMILES string of the molecule is Brc1cnn(C2CN(Cc3ccnc(C4CCC4)n3)C2)c1. The molecule has 2 fully saturated rings. The molecule has 6 heteroatoms. The molecule has 0 spiro atoms. The first-order chi connectivity index (χ1) is 10.3. The summed E-state index contributed by atoms with van der Waals surface area (Å²) in [6.45, 7) is 2.99. The lowest BCUT2D eigenvalue weighted by molar-refractivity contribution is 0.0893. The first-order valence-corrected chi connectivity index (χ1v) is 8.31. The molecule has 1 saturated heterocycles. The smallest absolute Gasteiger partial charge is 0.131 e. The molecule has 0 amide bonds. The molecule has 4 rings (SSSR count). The average Bonchev–Trinajstić information content (AvgIpc) is 2.78. The van der Waals surface area contributed by atoms with Gasteiger partial charge < -0.3 is 0 Å². The Kier molecular flexibility index (Phi) is 3.51. The Labute approximate surface area is 132 Å². The van der Waals surface area contributed by atoms with Gasteiger partial charge in [0.15, 0.2) is 0 Å². The van der Waals surface area contributed by atoms with Gasteiger partial charge >= 0.3 is 0 Å². The fraction of sp³-hybridized carbons (Fsp3) is 0.533. The van der Waals surface area contributed by atoms with Gasteiger partial charge in [0.2, 0.25) is 0 Å². The fourth-order valence-electron chi connectivity index (χ4n) is 2.95. The lowest BCUT2D eigenvalue weighted by Crippen LogP contribution is -2.47. The zero-order chi connectivity index (χ0) is 14.2. The second-order valence-electron chi connectivity index (χ2n) is 6.02. The van der Waals surface area contributed by atoms with E-state index in [2.05, 4.69) is 30.9 Å². The third-order valence-electron chi connectivity index (χ3n) is 4.47. The van der Waals surface area contributed by atoms with Crippen LogP contribution in [0, 0.1) is 0 Å². The van der Waals surface area contributed by atoms with Crippen LogP contribution >= 0.6 is 15.9 Å². The molecular weight excluding hydrogens is 330 g/mol. The molecule has 0 bridgehead atoms. The van der Waals surface area contributed by atoms with Crippen molar-refractivity contribution >= 4 is 15.9 Å². The normalized spacial score (nSPS) is 20.2. The molecule has 2 aromatic heterocycles. The van der Waals surface area contributed by atoms with Gasteiger partial charge in [0.1, 0.15) is 5.82 Å². The molecule has 0 aromatic carbocycles. The van der Waals surface area contributed by atoms with Crippen LogP contribution in [0.15, 0.2) is 29.1 Å². The van der Waals surface area contributed by atoms with E-state index in [0.29, 0.717) is 12.0 Å². The zero-order valence-electron chi connectivity index (χ0n) is 11.8. The first kappa shape index (κ1) is 13.4. The van der Waals surface area contributed by atoms with Crippen LogP contribution in [-0.4, -0.2) is 37.7 Å². The van der Waals surface area contributed by atoms with E-state index in [4.69, 9.17) is 4.98 Å². The summed E-state index contributed by atoms with van der Waals surface area (Å²) < 4.78 is 3.09. The Morgan fingerprint density at radius 1 is 1.29 bits per heavy atom. The lowest BCUT2D eigenvalue weighted by atomic mass is 9.85. The van der Waals surface area contributed by atoms with Crippen LogP contribution in [0.4, 0.5) is 0 Å². The number of aromatic nitrogens is 4. The Morgan fingerprint density at radius 2 is 2.14 bits per heavy atom. The monoisotopic (exact) mass is 347 g/mol. The van der Waals surface area contributed by atoms with Crippen molar-refractivity contribution in [1.29, 1.82) is 0 Å². The van der Waals surface area contributed by atoms with Crippen LogP contribution in [-0.2, 0) is 6.54 Å². The van der Waals surface area contributed by atoms with Crippen LogP contribution in [0.5, 0.6) is 0 Å². The molecule has 5 nitrogen and oxygen atoms in total. The van der Waals surface area contributed by atoms with Gasteiger partial charge in [-0.15, -0.1) is 0 Å². The summed E-state index contributed by atoms with van der Waals surface area (Å²) in [7, 11) is 0. The number of likely N-dealkylation sites (tertiary alicyclic amines) is 1. The van der Waals surface area contributed by atoms with Gasteiger partial charge in [0, 0.05) is 37.9 Å². The van der Waals surface area contributed by atoms with Crippen molar-refractivity contribution in [2.24, 2.45) is 0 Å². The number of rotatable bonds is 4. The Hall–Kier alpha value is -1.27. The predicted octanol–water partition coefficient (Wildman–Crippen LogP) is 2.76. The molecule has 0 atom stereocenters. The minimum absolute atomic E-state index is 0.490. The molecule has 0 N–H and O–H groups in total. The third kappa shape index (κ3) is 2.74. The minimum Gasteiger partial charge on any atom is -0.293 e. The lowest BCUT2D eigenvalue weighted by Gasteiger charge is -2.39. The van der Waals surface area contributed by atoms with E-state index in [1.807, 2.05) is 29.3 Å². The third-order valence-corrected chi connectivity index (χ3v) is 4.88. The second-order valence-corrected chi connectivity index (χ2v) is 6.94. The van der Waals surface area contributed by atoms with Crippen molar-refractivity contribution in [2.45, 2.75) is 37.8 Å². The average molecular weight is 348 g/mol. The van der Waals surface area contributed by atoms with E-state index in [9.17, 15) is 0 Å². The van der Waals surface area contributed by atoms with Gasteiger partial charge in [-0.2, -0.15) is 5.10 Å². The highest BCUT2D eigenvalue weighted by Crippen LogP contribution is 2.34. The van der Waals surface area contributed by atoms with E-state index in [1.54, 1.807) is 0 Å². The van der Waals surface area contributed by atoms with Crippen molar-refractivity contribution in [2.75, 3.05) is 13.1 Å².